The Morgan fingerprint density at radius 1 is 1.13 bits per heavy atom. The van der Waals surface area contributed by atoms with Gasteiger partial charge in [0.25, 0.3) is 0 Å². The van der Waals surface area contributed by atoms with Crippen LogP contribution in [0.25, 0.3) is 11.0 Å². The number of hydrogen-bond donors (Lipinski definition) is 1. The van der Waals surface area contributed by atoms with Crippen molar-refractivity contribution in [1.29, 1.82) is 0 Å². The first kappa shape index (κ1) is 21.7. The van der Waals surface area contributed by atoms with Crippen molar-refractivity contribution in [3.8, 4) is 11.5 Å². The van der Waals surface area contributed by atoms with Gasteiger partial charge in [0.15, 0.2) is 11.5 Å². The fraction of sp³-hybridized carbons (Fsp3) is 0.500. The molecule has 0 unspecified atom stereocenters. The molecular formula is C22H26NO7-. The van der Waals surface area contributed by atoms with E-state index in [1.165, 1.54) is 14.2 Å². The van der Waals surface area contributed by atoms with Crippen LogP contribution in [0, 0.1) is 18.8 Å². The van der Waals surface area contributed by atoms with Crippen LogP contribution < -0.4 is 25.5 Å². The van der Waals surface area contributed by atoms with E-state index in [1.54, 1.807) is 19.1 Å². The number of benzene rings is 1. The summed E-state index contributed by atoms with van der Waals surface area (Å²) in [7, 11) is 3.02. The van der Waals surface area contributed by atoms with Crippen LogP contribution in [0.1, 0.15) is 36.8 Å². The van der Waals surface area contributed by atoms with Gasteiger partial charge in [0.1, 0.15) is 5.58 Å². The van der Waals surface area contributed by atoms with E-state index in [9.17, 15) is 19.5 Å². The van der Waals surface area contributed by atoms with Gasteiger partial charge in [-0.25, -0.2) is 4.79 Å². The largest absolute Gasteiger partial charge is 0.550 e. The Labute approximate surface area is 174 Å². The fourth-order valence-electron chi connectivity index (χ4n) is 4.00. The molecule has 0 atom stereocenters. The second-order valence-corrected chi connectivity index (χ2v) is 7.71. The summed E-state index contributed by atoms with van der Waals surface area (Å²) in [4.78, 5) is 35.8. The molecule has 0 bridgehead atoms. The van der Waals surface area contributed by atoms with E-state index >= 15 is 0 Å². The highest BCUT2D eigenvalue weighted by Gasteiger charge is 2.23. The zero-order valence-electron chi connectivity index (χ0n) is 17.4. The molecule has 0 radical (unpaired) electrons. The first-order valence-electron chi connectivity index (χ1n) is 9.99. The van der Waals surface area contributed by atoms with E-state index in [0.29, 0.717) is 53.0 Å². The molecule has 8 nitrogen and oxygen atoms in total. The van der Waals surface area contributed by atoms with E-state index in [4.69, 9.17) is 13.9 Å². The molecule has 1 aliphatic carbocycles. The Bertz CT molecular complexity index is 1000. The summed E-state index contributed by atoms with van der Waals surface area (Å²) >= 11 is 0. The van der Waals surface area contributed by atoms with Crippen molar-refractivity contribution in [3.63, 3.8) is 0 Å². The number of methoxy groups -OCH3 is 2. The number of carbonyl (C=O) groups excluding carboxylic acids is 2. The summed E-state index contributed by atoms with van der Waals surface area (Å²) in [6.07, 6.45) is 2.52. The number of aryl methyl sites for hydroxylation is 1. The van der Waals surface area contributed by atoms with Crippen LogP contribution in [0.5, 0.6) is 11.5 Å². The van der Waals surface area contributed by atoms with E-state index in [2.05, 4.69) is 5.32 Å². The lowest BCUT2D eigenvalue weighted by Gasteiger charge is -2.29. The van der Waals surface area contributed by atoms with Gasteiger partial charge in [0.2, 0.25) is 5.91 Å². The standard InChI is InChI=1S/C22H27NO7/c1-12-15-8-18(28-2)19(29-3)10-17(15)30-22(27)16(12)9-20(24)23-11-13-4-6-14(7-5-13)21(25)26/h8,10,13-14H,4-7,9,11H2,1-3H3,(H,23,24)(H,25,26)/p-1. The van der Waals surface area contributed by atoms with Gasteiger partial charge in [0.05, 0.1) is 26.2 Å². The Kier molecular flexibility index (Phi) is 6.64. The second kappa shape index (κ2) is 9.19. The molecule has 1 aromatic heterocycles. The number of carboxylic acids is 1. The SMILES string of the molecule is COc1cc2oc(=O)c(CC(=O)NCC3CCC(C(=O)[O-])CC3)c(C)c2cc1OC. The Morgan fingerprint density at radius 3 is 2.37 bits per heavy atom. The van der Waals surface area contributed by atoms with E-state index in [0.717, 1.165) is 12.8 Å². The molecule has 30 heavy (non-hydrogen) atoms. The number of hydrogen-bond acceptors (Lipinski definition) is 7. The average molecular weight is 416 g/mol. The molecule has 1 heterocycles. The molecule has 3 rings (SSSR count). The molecule has 1 aromatic carbocycles. The van der Waals surface area contributed by atoms with Crippen LogP contribution in [0.3, 0.4) is 0 Å². The smallest absolute Gasteiger partial charge is 0.340 e. The summed E-state index contributed by atoms with van der Waals surface area (Å²) in [6.45, 7) is 2.23. The molecule has 1 aliphatic rings. The molecule has 162 valence electrons. The van der Waals surface area contributed by atoms with Crippen molar-refractivity contribution in [3.05, 3.63) is 33.7 Å². The highest BCUT2D eigenvalue weighted by molar-refractivity contribution is 5.87. The number of amides is 1. The Hall–Kier alpha value is -3.03. The van der Waals surface area contributed by atoms with Crippen LogP contribution in [-0.2, 0) is 16.0 Å². The highest BCUT2D eigenvalue weighted by Crippen LogP contribution is 2.33. The van der Waals surface area contributed by atoms with Crippen molar-refractivity contribution in [2.75, 3.05) is 20.8 Å². The number of ether oxygens (including phenoxy) is 2. The van der Waals surface area contributed by atoms with Crippen molar-refractivity contribution < 1.29 is 28.6 Å². The van der Waals surface area contributed by atoms with Crippen LogP contribution >= 0.6 is 0 Å². The third-order valence-electron chi connectivity index (χ3n) is 5.90. The molecule has 0 aliphatic heterocycles. The molecule has 1 fully saturated rings. The molecule has 2 aromatic rings. The summed E-state index contributed by atoms with van der Waals surface area (Å²) < 4.78 is 16.0. The van der Waals surface area contributed by atoms with Crippen molar-refractivity contribution in [1.82, 2.24) is 5.32 Å². The number of aliphatic carboxylic acids is 1. The van der Waals surface area contributed by atoms with Crippen LogP contribution in [0.2, 0.25) is 0 Å². The summed E-state index contributed by atoms with van der Waals surface area (Å²) in [5, 5.41) is 14.5. The monoisotopic (exact) mass is 416 g/mol. The number of nitrogens with one attached hydrogen (secondary N) is 1. The van der Waals surface area contributed by atoms with Gasteiger partial charge in [-0.3, -0.25) is 4.79 Å². The molecule has 0 spiro atoms. The second-order valence-electron chi connectivity index (χ2n) is 7.71. The molecule has 1 amide bonds. The summed E-state index contributed by atoms with van der Waals surface area (Å²) in [6, 6.07) is 3.32. The van der Waals surface area contributed by atoms with Crippen molar-refractivity contribution in [2.45, 2.75) is 39.0 Å². The first-order chi connectivity index (χ1) is 14.3. The van der Waals surface area contributed by atoms with Gasteiger partial charge < -0.3 is 29.1 Å². The minimum Gasteiger partial charge on any atom is -0.550 e. The van der Waals surface area contributed by atoms with Gasteiger partial charge in [-0.15, -0.1) is 0 Å². The number of carbonyl (C=O) groups is 2. The predicted octanol–water partition coefficient (Wildman–Crippen LogP) is 1.33. The molecular weight excluding hydrogens is 390 g/mol. The van der Waals surface area contributed by atoms with Gasteiger partial charge in [-0.05, 0) is 56.1 Å². The van der Waals surface area contributed by atoms with Crippen LogP contribution in [0.15, 0.2) is 21.3 Å². The van der Waals surface area contributed by atoms with Gasteiger partial charge in [-0.2, -0.15) is 0 Å². The normalized spacial score (nSPS) is 18.8. The van der Waals surface area contributed by atoms with E-state index < -0.39 is 17.5 Å². The van der Waals surface area contributed by atoms with Gasteiger partial charge >= 0.3 is 5.63 Å². The van der Waals surface area contributed by atoms with Crippen molar-refractivity contribution in [2.24, 2.45) is 11.8 Å². The first-order valence-corrected chi connectivity index (χ1v) is 9.99. The maximum Gasteiger partial charge on any atom is 0.340 e. The quantitative estimate of drug-likeness (QED) is 0.677. The average Bonchev–Trinajstić information content (AvgIpc) is 2.74. The lowest BCUT2D eigenvalue weighted by molar-refractivity contribution is -0.312. The molecule has 1 saturated carbocycles. The third kappa shape index (κ3) is 4.58. The van der Waals surface area contributed by atoms with Gasteiger partial charge in [0, 0.05) is 24.0 Å². The maximum atomic E-state index is 12.5. The van der Waals surface area contributed by atoms with E-state index in [-0.39, 0.29) is 18.2 Å². The Morgan fingerprint density at radius 2 is 1.77 bits per heavy atom. The lowest BCUT2D eigenvalue weighted by Crippen LogP contribution is -2.37. The minimum atomic E-state index is -0.995. The highest BCUT2D eigenvalue weighted by atomic mass is 16.5. The summed E-state index contributed by atoms with van der Waals surface area (Å²) in [5.74, 6) is -0.471. The zero-order valence-corrected chi connectivity index (χ0v) is 17.4. The van der Waals surface area contributed by atoms with Crippen molar-refractivity contribution >= 4 is 22.8 Å². The molecule has 1 N–H and O–H groups in total. The van der Waals surface area contributed by atoms with E-state index in [1.807, 2.05) is 0 Å². The molecule has 8 heteroatoms. The number of fused-ring (bicyclic) bond motifs is 1. The third-order valence-corrected chi connectivity index (χ3v) is 5.90. The zero-order chi connectivity index (χ0) is 21.8. The maximum absolute atomic E-state index is 12.5. The Balaban J connectivity index is 1.70. The van der Waals surface area contributed by atoms with Gasteiger partial charge in [-0.1, -0.05) is 0 Å². The number of rotatable bonds is 7. The predicted molar refractivity (Wildman–Crippen MR) is 107 cm³/mol. The van der Waals surface area contributed by atoms with Crippen LogP contribution in [0.4, 0.5) is 0 Å². The molecule has 0 saturated heterocycles. The summed E-state index contributed by atoms with van der Waals surface area (Å²) in [5.41, 5.74) is 0.764. The number of carboxylic acid groups (broad SMARTS) is 1. The lowest BCUT2D eigenvalue weighted by atomic mass is 9.82. The van der Waals surface area contributed by atoms with Crippen LogP contribution in [-0.4, -0.2) is 32.6 Å². The topological polar surface area (TPSA) is 118 Å². The fourth-order valence-corrected chi connectivity index (χ4v) is 4.00. The minimum absolute atomic E-state index is 0.0904.